The molecule has 1 aliphatic heterocycles. The molecule has 1 fully saturated rings. The first kappa shape index (κ1) is 17.6. The van der Waals surface area contributed by atoms with Crippen molar-refractivity contribution >= 4 is 5.97 Å². The highest BCUT2D eigenvalue weighted by Crippen LogP contribution is 2.17. The van der Waals surface area contributed by atoms with Crippen LogP contribution in [0.3, 0.4) is 0 Å². The van der Waals surface area contributed by atoms with E-state index in [1.54, 1.807) is 0 Å². The summed E-state index contributed by atoms with van der Waals surface area (Å²) in [6.07, 6.45) is -0.505. The number of aryl methyl sites for hydroxylation is 2. The predicted octanol–water partition coefficient (Wildman–Crippen LogP) is 2.25. The number of esters is 1. The molecule has 6 nitrogen and oxygen atoms in total. The Balaban J connectivity index is 1.68. The summed E-state index contributed by atoms with van der Waals surface area (Å²) in [6, 6.07) is 10.4. The predicted molar refractivity (Wildman–Crippen MR) is 94.7 cm³/mol. The molecule has 1 saturated heterocycles. The van der Waals surface area contributed by atoms with E-state index in [1.165, 1.54) is 12.7 Å². The van der Waals surface area contributed by atoms with Gasteiger partial charge >= 0.3 is 5.97 Å². The number of hydrogen-bond donors (Lipinski definition) is 0. The average molecular weight is 343 g/mol. The van der Waals surface area contributed by atoms with Gasteiger partial charge in [-0.15, -0.1) is 0 Å². The summed E-state index contributed by atoms with van der Waals surface area (Å²) >= 11 is 0. The zero-order chi connectivity index (χ0) is 18.0. The van der Waals surface area contributed by atoms with E-state index in [9.17, 15) is 4.79 Å². The van der Waals surface area contributed by atoms with Gasteiger partial charge in [0.15, 0.2) is 6.10 Å². The quantitative estimate of drug-likeness (QED) is 0.797. The lowest BCUT2D eigenvalue weighted by Crippen LogP contribution is -2.49. The minimum atomic E-state index is -0.511. The van der Waals surface area contributed by atoms with Crippen molar-refractivity contribution in [2.24, 2.45) is 0 Å². The molecule has 1 unspecified atom stereocenters. The molecule has 2 atom stereocenters. The fourth-order valence-corrected chi connectivity index (χ4v) is 3.32. The summed E-state index contributed by atoms with van der Waals surface area (Å²) in [4.78, 5) is 14.0. The monoisotopic (exact) mass is 343 g/mol. The van der Waals surface area contributed by atoms with Gasteiger partial charge in [-0.3, -0.25) is 4.90 Å². The topological polar surface area (TPSA) is 56.6 Å². The van der Waals surface area contributed by atoms with Gasteiger partial charge in [-0.2, -0.15) is 5.10 Å². The van der Waals surface area contributed by atoms with Crippen molar-refractivity contribution in [1.82, 2.24) is 14.7 Å². The molecule has 1 aromatic heterocycles. The SMILES string of the molecule is COC(=O)C1CN(Cc2ccc(-n3nc(C)cc3C)cc2)C[C@@H](C)O1. The Morgan fingerprint density at radius 2 is 2.00 bits per heavy atom. The van der Waals surface area contributed by atoms with E-state index in [1.807, 2.05) is 18.5 Å². The molecule has 25 heavy (non-hydrogen) atoms. The standard InChI is InChI=1S/C19H25N3O3/c1-13-9-14(2)22(20-13)17-7-5-16(6-8-17)11-21-10-15(3)25-18(12-21)19(23)24-4/h5-9,15,18H,10-12H2,1-4H3/t15-,18?/m1/s1. The van der Waals surface area contributed by atoms with Crippen LogP contribution in [0.1, 0.15) is 23.9 Å². The Bertz CT molecular complexity index is 739. The maximum absolute atomic E-state index is 11.8. The maximum atomic E-state index is 11.8. The summed E-state index contributed by atoms with van der Waals surface area (Å²) in [5.74, 6) is -0.309. The third-order valence-electron chi connectivity index (χ3n) is 4.40. The van der Waals surface area contributed by atoms with Crippen molar-refractivity contribution in [3.8, 4) is 5.69 Å². The smallest absolute Gasteiger partial charge is 0.336 e. The summed E-state index contributed by atoms with van der Waals surface area (Å²) in [6.45, 7) is 8.15. The van der Waals surface area contributed by atoms with Gasteiger partial charge < -0.3 is 9.47 Å². The number of rotatable bonds is 4. The van der Waals surface area contributed by atoms with Crippen molar-refractivity contribution < 1.29 is 14.3 Å². The minimum Gasteiger partial charge on any atom is -0.467 e. The summed E-state index contributed by atoms with van der Waals surface area (Å²) < 4.78 is 12.4. The molecule has 0 aliphatic carbocycles. The minimum absolute atomic E-state index is 0.00632. The van der Waals surface area contributed by atoms with E-state index in [-0.39, 0.29) is 12.1 Å². The van der Waals surface area contributed by atoms with E-state index in [4.69, 9.17) is 9.47 Å². The number of aromatic nitrogens is 2. The van der Waals surface area contributed by atoms with Crippen LogP contribution in [0.15, 0.2) is 30.3 Å². The Hall–Kier alpha value is -2.18. The second-order valence-electron chi connectivity index (χ2n) is 6.66. The van der Waals surface area contributed by atoms with Gasteiger partial charge in [0.2, 0.25) is 0 Å². The van der Waals surface area contributed by atoms with Gasteiger partial charge in [0, 0.05) is 25.3 Å². The van der Waals surface area contributed by atoms with Crippen molar-refractivity contribution in [1.29, 1.82) is 0 Å². The number of nitrogens with zero attached hydrogens (tertiary/aromatic N) is 3. The second-order valence-corrected chi connectivity index (χ2v) is 6.66. The van der Waals surface area contributed by atoms with Crippen molar-refractivity contribution in [2.75, 3.05) is 20.2 Å². The van der Waals surface area contributed by atoms with Crippen LogP contribution in [0.4, 0.5) is 0 Å². The first-order chi connectivity index (χ1) is 12.0. The molecular formula is C19H25N3O3. The lowest BCUT2D eigenvalue weighted by molar-refractivity contribution is -0.166. The van der Waals surface area contributed by atoms with Crippen LogP contribution in [0, 0.1) is 13.8 Å². The third kappa shape index (κ3) is 4.08. The van der Waals surface area contributed by atoms with Crippen molar-refractivity contribution in [3.63, 3.8) is 0 Å². The van der Waals surface area contributed by atoms with Crippen LogP contribution in [0.2, 0.25) is 0 Å². The van der Waals surface area contributed by atoms with E-state index >= 15 is 0 Å². The molecule has 134 valence electrons. The van der Waals surface area contributed by atoms with E-state index in [0.717, 1.165) is 30.2 Å². The molecule has 0 N–H and O–H groups in total. The molecule has 0 saturated carbocycles. The highest BCUT2D eigenvalue weighted by atomic mass is 16.6. The fraction of sp³-hybridized carbons (Fsp3) is 0.474. The molecule has 2 aromatic rings. The van der Waals surface area contributed by atoms with Crippen LogP contribution < -0.4 is 0 Å². The highest BCUT2D eigenvalue weighted by Gasteiger charge is 2.30. The van der Waals surface area contributed by atoms with Crippen LogP contribution in [-0.2, 0) is 20.8 Å². The summed E-state index contributed by atoms with van der Waals surface area (Å²) in [5, 5.41) is 4.51. The number of morpholine rings is 1. The number of hydrogen-bond acceptors (Lipinski definition) is 5. The Morgan fingerprint density at radius 1 is 1.28 bits per heavy atom. The van der Waals surface area contributed by atoms with Gasteiger partial charge in [0.1, 0.15) is 0 Å². The number of benzene rings is 1. The maximum Gasteiger partial charge on any atom is 0.336 e. The number of carbonyl (C=O) groups is 1. The third-order valence-corrected chi connectivity index (χ3v) is 4.40. The Labute approximate surface area is 148 Å². The molecule has 3 rings (SSSR count). The lowest BCUT2D eigenvalue weighted by atomic mass is 10.1. The van der Waals surface area contributed by atoms with E-state index < -0.39 is 6.10 Å². The number of methoxy groups -OCH3 is 1. The van der Waals surface area contributed by atoms with Crippen LogP contribution >= 0.6 is 0 Å². The zero-order valence-corrected chi connectivity index (χ0v) is 15.2. The normalized spacial score (nSPS) is 21.3. The number of carbonyl (C=O) groups excluding carboxylic acids is 1. The van der Waals surface area contributed by atoms with Gasteiger partial charge in [-0.1, -0.05) is 12.1 Å². The van der Waals surface area contributed by atoms with Crippen LogP contribution in [0.5, 0.6) is 0 Å². The van der Waals surface area contributed by atoms with Gasteiger partial charge in [-0.05, 0) is 44.5 Å². The average Bonchev–Trinajstić information content (AvgIpc) is 2.92. The van der Waals surface area contributed by atoms with E-state index in [2.05, 4.69) is 47.3 Å². The molecule has 2 heterocycles. The van der Waals surface area contributed by atoms with Gasteiger partial charge in [0.25, 0.3) is 0 Å². The Morgan fingerprint density at radius 3 is 2.60 bits per heavy atom. The lowest BCUT2D eigenvalue weighted by Gasteiger charge is -2.35. The molecule has 0 radical (unpaired) electrons. The largest absolute Gasteiger partial charge is 0.467 e. The van der Waals surface area contributed by atoms with Crippen molar-refractivity contribution in [2.45, 2.75) is 39.5 Å². The second kappa shape index (κ2) is 7.37. The van der Waals surface area contributed by atoms with E-state index in [0.29, 0.717) is 6.54 Å². The van der Waals surface area contributed by atoms with Crippen LogP contribution in [0.25, 0.3) is 5.69 Å². The fourth-order valence-electron chi connectivity index (χ4n) is 3.32. The van der Waals surface area contributed by atoms with Gasteiger partial charge in [-0.25, -0.2) is 9.48 Å². The highest BCUT2D eigenvalue weighted by molar-refractivity contribution is 5.75. The molecular weight excluding hydrogens is 318 g/mol. The van der Waals surface area contributed by atoms with Gasteiger partial charge in [0.05, 0.1) is 24.6 Å². The number of ether oxygens (including phenoxy) is 2. The van der Waals surface area contributed by atoms with Crippen molar-refractivity contribution in [3.05, 3.63) is 47.3 Å². The molecule has 1 aliphatic rings. The summed E-state index contributed by atoms with van der Waals surface area (Å²) in [5.41, 5.74) is 4.38. The molecule has 6 heteroatoms. The molecule has 0 bridgehead atoms. The zero-order valence-electron chi connectivity index (χ0n) is 15.2. The first-order valence-corrected chi connectivity index (χ1v) is 8.54. The summed E-state index contributed by atoms with van der Waals surface area (Å²) in [7, 11) is 1.40. The molecule has 0 spiro atoms. The first-order valence-electron chi connectivity index (χ1n) is 8.54. The molecule has 1 aromatic carbocycles. The van der Waals surface area contributed by atoms with Crippen LogP contribution in [-0.4, -0.2) is 53.1 Å². The Kier molecular flexibility index (Phi) is 5.20. The molecule has 0 amide bonds.